The summed E-state index contributed by atoms with van der Waals surface area (Å²) in [6.45, 7) is 5.59. The Morgan fingerprint density at radius 3 is 2.74 bits per heavy atom. The molecule has 2 rings (SSSR count). The monoisotopic (exact) mass is 264 g/mol. The predicted molar refractivity (Wildman–Crippen MR) is 74.4 cm³/mol. The second-order valence-corrected chi connectivity index (χ2v) is 5.68. The number of carbonyl (C=O) groups excluding carboxylic acids is 1. The minimum Gasteiger partial charge on any atom is -0.325 e. The first-order chi connectivity index (χ1) is 9.02. The minimum absolute atomic E-state index is 0.134. The fraction of sp³-hybridized carbons (Fsp3) is 0.533. The van der Waals surface area contributed by atoms with E-state index in [0.717, 1.165) is 6.54 Å². The van der Waals surface area contributed by atoms with E-state index in [1.54, 1.807) is 12.1 Å². The first-order valence-electron chi connectivity index (χ1n) is 6.78. The fourth-order valence-corrected chi connectivity index (χ4v) is 2.32. The third kappa shape index (κ3) is 3.77. The van der Waals surface area contributed by atoms with E-state index in [4.69, 9.17) is 0 Å². The molecule has 0 unspecified atom stereocenters. The smallest absolute Gasteiger partial charge is 0.238 e. The van der Waals surface area contributed by atoms with Crippen molar-refractivity contribution < 1.29 is 9.18 Å². The van der Waals surface area contributed by atoms with Gasteiger partial charge in [-0.3, -0.25) is 4.79 Å². The molecule has 0 aliphatic heterocycles. The second kappa shape index (κ2) is 5.70. The van der Waals surface area contributed by atoms with Gasteiger partial charge in [0, 0.05) is 12.2 Å². The van der Waals surface area contributed by atoms with Crippen LogP contribution in [-0.2, 0) is 4.79 Å². The molecule has 1 aromatic rings. The van der Waals surface area contributed by atoms with Gasteiger partial charge in [-0.1, -0.05) is 19.9 Å². The summed E-state index contributed by atoms with van der Waals surface area (Å²) in [6, 6.07) is 5.93. The summed E-state index contributed by atoms with van der Waals surface area (Å²) in [6.07, 6.45) is 2.48. The van der Waals surface area contributed by atoms with Crippen molar-refractivity contribution in [1.29, 1.82) is 0 Å². The molecule has 1 aromatic carbocycles. The summed E-state index contributed by atoms with van der Waals surface area (Å²) in [5, 5.41) is 5.88. The number of nitrogens with one attached hydrogen (secondary N) is 2. The Bertz CT molecular complexity index is 455. The Labute approximate surface area is 113 Å². The summed E-state index contributed by atoms with van der Waals surface area (Å²) in [5.74, 6) is 0.166. The molecule has 3 nitrogen and oxygen atoms in total. The highest BCUT2D eigenvalue weighted by Gasteiger charge is 2.44. The summed E-state index contributed by atoms with van der Waals surface area (Å²) < 4.78 is 13.0. The van der Waals surface area contributed by atoms with Gasteiger partial charge < -0.3 is 10.6 Å². The normalized spacial score (nSPS) is 16.4. The number of hydrogen-bond donors (Lipinski definition) is 2. The summed E-state index contributed by atoms with van der Waals surface area (Å²) >= 11 is 0. The molecule has 1 aliphatic rings. The van der Waals surface area contributed by atoms with Gasteiger partial charge in [0.1, 0.15) is 5.82 Å². The molecule has 0 atom stereocenters. The Hall–Kier alpha value is -1.42. The van der Waals surface area contributed by atoms with E-state index < -0.39 is 0 Å². The van der Waals surface area contributed by atoms with E-state index in [0.29, 0.717) is 17.0 Å². The molecule has 1 aliphatic carbocycles. The molecule has 1 fully saturated rings. The molecule has 0 spiro atoms. The highest BCUT2D eigenvalue weighted by molar-refractivity contribution is 5.92. The number of hydrogen-bond acceptors (Lipinski definition) is 2. The first kappa shape index (κ1) is 14.0. The first-order valence-corrected chi connectivity index (χ1v) is 6.78. The van der Waals surface area contributed by atoms with Crippen LogP contribution in [0.4, 0.5) is 10.1 Å². The summed E-state index contributed by atoms with van der Waals surface area (Å²) in [7, 11) is 0. The maximum Gasteiger partial charge on any atom is 0.238 e. The molecular formula is C15H21FN2O. The number of carbonyl (C=O) groups is 1. The lowest BCUT2D eigenvalue weighted by molar-refractivity contribution is -0.115. The summed E-state index contributed by atoms with van der Waals surface area (Å²) in [4.78, 5) is 11.7. The second-order valence-electron chi connectivity index (χ2n) is 5.68. The molecule has 0 saturated heterocycles. The zero-order valence-electron chi connectivity index (χ0n) is 11.5. The largest absolute Gasteiger partial charge is 0.325 e. The zero-order valence-corrected chi connectivity index (χ0v) is 11.5. The van der Waals surface area contributed by atoms with Crippen LogP contribution >= 0.6 is 0 Å². The maximum atomic E-state index is 13.0. The van der Waals surface area contributed by atoms with Crippen molar-refractivity contribution in [2.75, 3.05) is 18.4 Å². The van der Waals surface area contributed by atoms with Crippen molar-refractivity contribution in [3.8, 4) is 0 Å². The van der Waals surface area contributed by atoms with Gasteiger partial charge in [-0.25, -0.2) is 4.39 Å². The number of anilines is 1. The van der Waals surface area contributed by atoms with Crippen LogP contribution < -0.4 is 10.6 Å². The summed E-state index contributed by atoms with van der Waals surface area (Å²) in [5.41, 5.74) is 0.885. The van der Waals surface area contributed by atoms with Crippen molar-refractivity contribution in [1.82, 2.24) is 5.32 Å². The van der Waals surface area contributed by atoms with Crippen LogP contribution in [0.25, 0.3) is 0 Å². The standard InChI is InChI=1S/C15H21FN2O/c1-11(2)15(6-7-15)10-17-9-14(19)18-13-5-3-4-12(16)8-13/h3-5,8,11,17H,6-7,9-10H2,1-2H3,(H,18,19). The molecule has 1 saturated carbocycles. The third-order valence-electron chi connectivity index (χ3n) is 3.99. The van der Waals surface area contributed by atoms with Crippen LogP contribution in [0.1, 0.15) is 26.7 Å². The molecule has 0 aromatic heterocycles. The van der Waals surface area contributed by atoms with Gasteiger partial charge in [0.25, 0.3) is 0 Å². The van der Waals surface area contributed by atoms with Gasteiger partial charge in [0.15, 0.2) is 0 Å². The van der Waals surface area contributed by atoms with Gasteiger partial charge in [0.05, 0.1) is 6.54 Å². The fourth-order valence-electron chi connectivity index (χ4n) is 2.32. The lowest BCUT2D eigenvalue weighted by Gasteiger charge is -2.19. The van der Waals surface area contributed by atoms with Crippen LogP contribution in [0.3, 0.4) is 0 Å². The Morgan fingerprint density at radius 2 is 2.16 bits per heavy atom. The quantitative estimate of drug-likeness (QED) is 0.829. The van der Waals surface area contributed by atoms with Gasteiger partial charge >= 0.3 is 0 Å². The molecular weight excluding hydrogens is 243 g/mol. The molecule has 4 heteroatoms. The van der Waals surface area contributed by atoms with E-state index in [1.807, 2.05) is 0 Å². The van der Waals surface area contributed by atoms with E-state index in [1.165, 1.54) is 25.0 Å². The molecule has 0 heterocycles. The zero-order chi connectivity index (χ0) is 13.9. The number of benzene rings is 1. The van der Waals surface area contributed by atoms with Gasteiger partial charge in [-0.2, -0.15) is 0 Å². The molecule has 104 valence electrons. The van der Waals surface area contributed by atoms with Crippen molar-refractivity contribution >= 4 is 11.6 Å². The van der Waals surface area contributed by atoms with E-state index in [9.17, 15) is 9.18 Å². The molecule has 2 N–H and O–H groups in total. The van der Waals surface area contributed by atoms with Crippen LogP contribution in [0, 0.1) is 17.2 Å². The Balaban J connectivity index is 1.73. The van der Waals surface area contributed by atoms with Crippen LogP contribution in [0.15, 0.2) is 24.3 Å². The van der Waals surface area contributed by atoms with Crippen molar-refractivity contribution in [3.05, 3.63) is 30.1 Å². The van der Waals surface area contributed by atoms with Gasteiger partial charge in [0.2, 0.25) is 5.91 Å². The van der Waals surface area contributed by atoms with Crippen molar-refractivity contribution in [2.24, 2.45) is 11.3 Å². The van der Waals surface area contributed by atoms with E-state index >= 15 is 0 Å². The van der Waals surface area contributed by atoms with Crippen LogP contribution in [0.2, 0.25) is 0 Å². The minimum atomic E-state index is -0.345. The lowest BCUT2D eigenvalue weighted by atomic mass is 9.92. The maximum absolute atomic E-state index is 13.0. The predicted octanol–water partition coefficient (Wildman–Crippen LogP) is 2.79. The Morgan fingerprint density at radius 1 is 1.42 bits per heavy atom. The van der Waals surface area contributed by atoms with E-state index in [-0.39, 0.29) is 18.3 Å². The molecule has 19 heavy (non-hydrogen) atoms. The average molecular weight is 264 g/mol. The van der Waals surface area contributed by atoms with Gasteiger partial charge in [-0.15, -0.1) is 0 Å². The lowest BCUT2D eigenvalue weighted by Crippen LogP contribution is -2.34. The average Bonchev–Trinajstić information content (AvgIpc) is 3.10. The number of rotatable bonds is 6. The van der Waals surface area contributed by atoms with Crippen molar-refractivity contribution in [3.63, 3.8) is 0 Å². The van der Waals surface area contributed by atoms with Crippen LogP contribution in [0.5, 0.6) is 0 Å². The number of amides is 1. The Kier molecular flexibility index (Phi) is 4.20. The molecule has 1 amide bonds. The number of halogens is 1. The van der Waals surface area contributed by atoms with Crippen molar-refractivity contribution in [2.45, 2.75) is 26.7 Å². The van der Waals surface area contributed by atoms with E-state index in [2.05, 4.69) is 24.5 Å². The highest BCUT2D eigenvalue weighted by Crippen LogP contribution is 2.51. The SMILES string of the molecule is CC(C)C1(CNCC(=O)Nc2cccc(F)c2)CC1. The highest BCUT2D eigenvalue weighted by atomic mass is 19.1. The van der Waals surface area contributed by atoms with Crippen LogP contribution in [-0.4, -0.2) is 19.0 Å². The topological polar surface area (TPSA) is 41.1 Å². The van der Waals surface area contributed by atoms with Gasteiger partial charge in [-0.05, 0) is 42.4 Å². The molecule has 0 bridgehead atoms. The third-order valence-corrected chi connectivity index (χ3v) is 3.99. The molecule has 0 radical (unpaired) electrons.